The largest absolute Gasteiger partial charge is 0.488 e. The molecule has 2 atom stereocenters. The van der Waals surface area contributed by atoms with E-state index < -0.39 is 12.1 Å². The Morgan fingerprint density at radius 1 is 0.814 bits per heavy atom. The molecule has 13 heteroatoms. The first-order valence-electron chi connectivity index (χ1n) is 20.1. The third-order valence-corrected chi connectivity index (χ3v) is 10.6. The number of hydrogen-bond acceptors (Lipinski definition) is 8. The Kier molecular flexibility index (Phi) is 12.7. The third kappa shape index (κ3) is 9.15. The number of fused-ring (bicyclic) bond motifs is 5. The minimum absolute atomic E-state index is 0.0492. The van der Waals surface area contributed by atoms with E-state index in [0.717, 1.165) is 74.4 Å². The van der Waals surface area contributed by atoms with E-state index in [1.54, 1.807) is 18.2 Å². The summed E-state index contributed by atoms with van der Waals surface area (Å²) in [6.07, 6.45) is 4.69. The number of carbonyl (C=O) groups excluding carboxylic acids is 3. The Morgan fingerprint density at radius 2 is 1.46 bits per heavy atom. The number of aromatic nitrogens is 4. The van der Waals surface area contributed by atoms with Gasteiger partial charge in [0.1, 0.15) is 30.0 Å². The molecular weight excluding hydrogens is 747 g/mol. The predicted molar refractivity (Wildman–Crippen MR) is 226 cm³/mol. The number of amides is 3. The molecule has 0 bridgehead atoms. The topological polar surface area (TPSA) is 155 Å². The molecule has 3 heterocycles. The molecule has 0 unspecified atom stereocenters. The number of carbonyl (C=O) groups is 3. The first kappa shape index (κ1) is 40.7. The van der Waals surface area contributed by atoms with Crippen molar-refractivity contribution in [3.8, 4) is 39.4 Å². The van der Waals surface area contributed by atoms with Gasteiger partial charge < -0.3 is 39.3 Å². The highest BCUT2D eigenvalue weighted by Gasteiger charge is 2.29. The molecule has 0 fully saturated rings. The van der Waals surface area contributed by atoms with Crippen molar-refractivity contribution in [3.63, 3.8) is 0 Å². The average molecular weight is 798 g/mol. The minimum Gasteiger partial charge on any atom is -0.488 e. The fourth-order valence-electron chi connectivity index (χ4n) is 7.52. The molecule has 2 aromatic heterocycles. The lowest BCUT2D eigenvalue weighted by Gasteiger charge is -2.27. The molecule has 0 spiro atoms. The van der Waals surface area contributed by atoms with Crippen LogP contribution in [-0.4, -0.2) is 81.1 Å². The lowest BCUT2D eigenvalue weighted by atomic mass is 9.92. The zero-order valence-corrected chi connectivity index (χ0v) is 34.2. The van der Waals surface area contributed by atoms with E-state index >= 15 is 0 Å². The Hall–Kier alpha value is -6.47. The van der Waals surface area contributed by atoms with E-state index in [4.69, 9.17) is 14.2 Å². The highest BCUT2D eigenvalue weighted by molar-refractivity contribution is 5.98. The summed E-state index contributed by atoms with van der Waals surface area (Å²) in [5.74, 6) is 2.00. The van der Waals surface area contributed by atoms with Crippen molar-refractivity contribution < 1.29 is 28.6 Å². The number of methoxy groups -OCH3 is 2. The highest BCUT2D eigenvalue weighted by Crippen LogP contribution is 2.44. The van der Waals surface area contributed by atoms with Crippen LogP contribution in [0.5, 0.6) is 5.75 Å². The maximum Gasteiger partial charge on any atom is 0.407 e. The SMILES string of the molecule is CCCN(Cc1ncc(-c2ccc3c(c2)COc2c-3ccc3cc(-c4cnc(CN(CCC)C(=O)[C@H](NC(=O)OC)c5ccccc5)[nH]4)ccc23)[nH]1)C(=O)C[C@@H](C)OC. The van der Waals surface area contributed by atoms with Crippen LogP contribution in [0.2, 0.25) is 0 Å². The lowest BCUT2D eigenvalue weighted by Crippen LogP contribution is -2.43. The Morgan fingerprint density at radius 3 is 2.14 bits per heavy atom. The van der Waals surface area contributed by atoms with Gasteiger partial charge >= 0.3 is 6.09 Å². The van der Waals surface area contributed by atoms with Gasteiger partial charge in [-0.25, -0.2) is 14.8 Å². The van der Waals surface area contributed by atoms with Gasteiger partial charge in [0.25, 0.3) is 0 Å². The number of H-pyrrole nitrogens is 2. The van der Waals surface area contributed by atoms with Gasteiger partial charge in [-0.3, -0.25) is 9.59 Å². The first-order chi connectivity index (χ1) is 28.7. The van der Waals surface area contributed by atoms with Crippen LogP contribution in [0.15, 0.2) is 91.3 Å². The number of aromatic amines is 2. The van der Waals surface area contributed by atoms with E-state index in [1.807, 2.05) is 61.3 Å². The van der Waals surface area contributed by atoms with Crippen molar-refractivity contribution in [3.05, 3.63) is 114 Å². The maximum absolute atomic E-state index is 13.9. The molecule has 4 aromatic carbocycles. The summed E-state index contributed by atoms with van der Waals surface area (Å²) in [6.45, 7) is 8.16. The summed E-state index contributed by atoms with van der Waals surface area (Å²) in [4.78, 5) is 58.7. The molecule has 0 saturated carbocycles. The summed E-state index contributed by atoms with van der Waals surface area (Å²) in [5, 5.41) is 4.73. The summed E-state index contributed by atoms with van der Waals surface area (Å²) >= 11 is 0. The third-order valence-electron chi connectivity index (χ3n) is 10.6. The summed E-state index contributed by atoms with van der Waals surface area (Å²) in [7, 11) is 2.90. The minimum atomic E-state index is -0.904. The monoisotopic (exact) mass is 797 g/mol. The van der Waals surface area contributed by atoms with Gasteiger partial charge in [0.2, 0.25) is 11.8 Å². The number of nitrogens with zero attached hydrogens (tertiary/aromatic N) is 4. The number of alkyl carbamates (subject to hydrolysis) is 1. The molecular formula is C46H51N7O6. The van der Waals surface area contributed by atoms with E-state index in [1.165, 1.54) is 7.11 Å². The lowest BCUT2D eigenvalue weighted by molar-refractivity contribution is -0.135. The number of ether oxygens (including phenoxy) is 3. The van der Waals surface area contributed by atoms with Crippen LogP contribution in [0.4, 0.5) is 4.79 Å². The zero-order valence-electron chi connectivity index (χ0n) is 34.2. The smallest absolute Gasteiger partial charge is 0.407 e. The van der Waals surface area contributed by atoms with Crippen molar-refractivity contribution in [1.82, 2.24) is 35.1 Å². The van der Waals surface area contributed by atoms with E-state index in [0.29, 0.717) is 44.0 Å². The van der Waals surface area contributed by atoms with Crippen LogP contribution >= 0.6 is 0 Å². The molecule has 306 valence electrons. The van der Waals surface area contributed by atoms with Gasteiger partial charge in [0, 0.05) is 36.7 Å². The Balaban J connectivity index is 1.06. The molecule has 0 radical (unpaired) electrons. The van der Waals surface area contributed by atoms with E-state index in [9.17, 15) is 14.4 Å². The van der Waals surface area contributed by atoms with Crippen LogP contribution in [0, 0.1) is 0 Å². The van der Waals surface area contributed by atoms with Gasteiger partial charge in [-0.1, -0.05) is 74.5 Å². The zero-order chi connectivity index (χ0) is 41.5. The maximum atomic E-state index is 13.9. The van der Waals surface area contributed by atoms with Crippen LogP contribution in [0.25, 0.3) is 44.4 Å². The van der Waals surface area contributed by atoms with Crippen molar-refractivity contribution in [1.29, 1.82) is 0 Å². The molecule has 3 amide bonds. The molecule has 1 aliphatic rings. The molecule has 59 heavy (non-hydrogen) atoms. The average Bonchev–Trinajstić information content (AvgIpc) is 3.94. The van der Waals surface area contributed by atoms with E-state index in [-0.39, 0.29) is 24.5 Å². The predicted octanol–water partition coefficient (Wildman–Crippen LogP) is 8.18. The number of rotatable bonds is 16. The van der Waals surface area contributed by atoms with Gasteiger partial charge in [0.15, 0.2) is 0 Å². The van der Waals surface area contributed by atoms with Gasteiger partial charge in [-0.05, 0) is 65.6 Å². The molecule has 13 nitrogen and oxygen atoms in total. The summed E-state index contributed by atoms with van der Waals surface area (Å²) in [5.41, 5.74) is 7.54. The van der Waals surface area contributed by atoms with Gasteiger partial charge in [-0.15, -0.1) is 0 Å². The standard InChI is InChI=1S/C46H51N7O6/c1-6-19-52(42(54)21-29(3)57-4)26-40-47-25-39(49-40)33-14-16-35-34(23-33)28-59-44-36-17-15-32(22-31(36)13-18-37(35)44)38-24-48-41(50-38)27-53(20-7-2)45(55)43(51-46(56)58-5)30-11-9-8-10-12-30/h8-18,22-25,29,43H,6-7,19-21,26-28H2,1-5H3,(H,47,49)(H,48,50)(H,51,56)/t29-,43-/m1/s1. The second-order valence-corrected chi connectivity index (χ2v) is 14.8. The van der Waals surface area contributed by atoms with Crippen molar-refractivity contribution >= 4 is 28.7 Å². The fourth-order valence-corrected chi connectivity index (χ4v) is 7.52. The molecule has 7 rings (SSSR count). The molecule has 0 aliphatic carbocycles. The van der Waals surface area contributed by atoms with Crippen LogP contribution in [0.3, 0.4) is 0 Å². The summed E-state index contributed by atoms with van der Waals surface area (Å²) < 4.78 is 16.6. The van der Waals surface area contributed by atoms with Crippen molar-refractivity contribution in [2.24, 2.45) is 0 Å². The normalized spacial score (nSPS) is 12.8. The second kappa shape index (κ2) is 18.4. The summed E-state index contributed by atoms with van der Waals surface area (Å²) in [6, 6.07) is 25.1. The first-order valence-corrected chi connectivity index (χ1v) is 20.1. The Labute approximate surface area is 344 Å². The van der Waals surface area contributed by atoms with Crippen molar-refractivity contribution in [2.75, 3.05) is 27.3 Å². The molecule has 6 aromatic rings. The van der Waals surface area contributed by atoms with E-state index in [2.05, 4.69) is 74.6 Å². The van der Waals surface area contributed by atoms with Gasteiger partial charge in [0.05, 0.1) is 56.5 Å². The number of imidazole rings is 2. The molecule has 0 saturated heterocycles. The number of hydrogen-bond donors (Lipinski definition) is 3. The second-order valence-electron chi connectivity index (χ2n) is 14.8. The fraction of sp³-hybridized carbons (Fsp3) is 0.326. The number of nitrogens with one attached hydrogen (secondary N) is 3. The van der Waals surface area contributed by atoms with Crippen LogP contribution < -0.4 is 10.1 Å². The van der Waals surface area contributed by atoms with Crippen LogP contribution in [0.1, 0.15) is 68.9 Å². The van der Waals surface area contributed by atoms with Gasteiger partial charge in [-0.2, -0.15) is 0 Å². The molecule has 1 aliphatic heterocycles. The number of benzene rings is 4. The van der Waals surface area contributed by atoms with Crippen LogP contribution in [-0.2, 0) is 38.8 Å². The quantitative estimate of drug-likeness (QED) is 0.0886. The van der Waals surface area contributed by atoms with Crippen molar-refractivity contribution in [2.45, 2.75) is 71.9 Å². The highest BCUT2D eigenvalue weighted by atomic mass is 16.5. The Bertz CT molecular complexity index is 2430. The molecule has 3 N–H and O–H groups in total.